The predicted octanol–water partition coefficient (Wildman–Crippen LogP) is 10.5. The third-order valence-corrected chi connectivity index (χ3v) is 10.4. The molecule has 1 rings (SSSR count). The molecule has 1 aromatic rings. The van der Waals surface area contributed by atoms with E-state index in [1.54, 1.807) is 12.5 Å². The summed E-state index contributed by atoms with van der Waals surface area (Å²) in [6, 6.07) is 0. The summed E-state index contributed by atoms with van der Waals surface area (Å²) in [5.74, 6) is 0.628. The summed E-state index contributed by atoms with van der Waals surface area (Å²) >= 11 is 1.53. The van der Waals surface area contributed by atoms with Crippen LogP contribution >= 0.6 is 11.8 Å². The number of carbonyl (C=O) groups is 3. The van der Waals surface area contributed by atoms with E-state index >= 15 is 0 Å². The number of imidazole rings is 1. The molecule has 1 N–H and O–H groups in total. The lowest BCUT2D eigenvalue weighted by Gasteiger charge is -2.22. The molecule has 9 heteroatoms. The van der Waals surface area contributed by atoms with Gasteiger partial charge in [-0.1, -0.05) is 124 Å². The molecule has 0 saturated carbocycles. The van der Waals surface area contributed by atoms with Gasteiger partial charge in [0.2, 0.25) is 5.91 Å². The molecule has 8 nitrogen and oxygen atoms in total. The first-order valence-electron chi connectivity index (χ1n) is 20.5. The number of thioether (sulfide) groups is 1. The summed E-state index contributed by atoms with van der Waals surface area (Å²) in [7, 11) is 0. The van der Waals surface area contributed by atoms with E-state index in [1.807, 2.05) is 10.8 Å². The maximum absolute atomic E-state index is 13.6. The van der Waals surface area contributed by atoms with Crippen LogP contribution in [0.2, 0.25) is 0 Å². The zero-order chi connectivity index (χ0) is 36.5. The van der Waals surface area contributed by atoms with Crippen LogP contribution < -0.4 is 5.32 Å². The van der Waals surface area contributed by atoms with Crippen LogP contribution in [0.25, 0.3) is 0 Å². The summed E-state index contributed by atoms with van der Waals surface area (Å²) in [5, 5.41) is 3.00. The van der Waals surface area contributed by atoms with E-state index in [4.69, 9.17) is 9.47 Å². The van der Waals surface area contributed by atoms with Crippen molar-refractivity contribution in [2.75, 3.05) is 24.7 Å². The molecular formula is C41H75N3O5S. The molecule has 0 aliphatic rings. The van der Waals surface area contributed by atoms with Crippen molar-refractivity contribution in [2.24, 2.45) is 11.8 Å². The molecule has 290 valence electrons. The topological polar surface area (TPSA) is 99.5 Å². The van der Waals surface area contributed by atoms with Crippen LogP contribution in [0.15, 0.2) is 18.7 Å². The predicted molar refractivity (Wildman–Crippen MR) is 209 cm³/mol. The number of esters is 2. The number of aryl methyl sites for hydroxylation is 1. The van der Waals surface area contributed by atoms with Crippen molar-refractivity contribution in [3.63, 3.8) is 0 Å². The highest BCUT2D eigenvalue weighted by Gasteiger charge is 2.26. The molecule has 0 bridgehead atoms. The number of rotatable bonds is 35. The van der Waals surface area contributed by atoms with Gasteiger partial charge in [0.25, 0.3) is 0 Å². The number of amides is 1. The first kappa shape index (κ1) is 46.0. The molecule has 0 spiro atoms. The molecule has 1 unspecified atom stereocenters. The Hall–Kier alpha value is -2.03. The number of hydrogen-bond acceptors (Lipinski definition) is 7. The molecule has 1 aromatic heterocycles. The molecule has 0 radical (unpaired) electrons. The van der Waals surface area contributed by atoms with Gasteiger partial charge >= 0.3 is 11.9 Å². The first-order valence-corrected chi connectivity index (χ1v) is 21.7. The van der Waals surface area contributed by atoms with Crippen molar-refractivity contribution in [3.8, 4) is 0 Å². The third kappa shape index (κ3) is 27.7. The van der Waals surface area contributed by atoms with Crippen molar-refractivity contribution >= 4 is 29.6 Å². The van der Waals surface area contributed by atoms with Crippen LogP contribution in [-0.2, 0) is 30.4 Å². The van der Waals surface area contributed by atoms with Gasteiger partial charge in [-0.25, -0.2) is 4.98 Å². The Morgan fingerprint density at radius 1 is 0.780 bits per heavy atom. The van der Waals surface area contributed by atoms with Crippen LogP contribution in [-0.4, -0.2) is 58.2 Å². The molecule has 50 heavy (non-hydrogen) atoms. The summed E-state index contributed by atoms with van der Waals surface area (Å²) in [4.78, 5) is 43.0. The smallest absolute Gasteiger partial charge is 0.310 e. The standard InChI is InChI=1S/C41H75N3O5S/c1-5-7-9-11-15-19-24-38(25-20-16-12-10-8-6-2)49-41(47)37(33-39(45)43-27-22-29-44-30-28-42-35-44)34-50-32-26-40(46)48-31-21-17-13-14-18-23-36(3)4/h28,30,35-38H,5-27,29,31-34H2,1-4H3,(H,43,45). The Morgan fingerprint density at radius 3 is 1.98 bits per heavy atom. The van der Waals surface area contributed by atoms with Crippen molar-refractivity contribution < 1.29 is 23.9 Å². The van der Waals surface area contributed by atoms with Gasteiger partial charge in [0.1, 0.15) is 6.10 Å². The highest BCUT2D eigenvalue weighted by molar-refractivity contribution is 7.99. The minimum atomic E-state index is -0.544. The van der Waals surface area contributed by atoms with E-state index in [1.165, 1.54) is 102 Å². The third-order valence-electron chi connectivity index (χ3n) is 9.24. The Kier molecular flexibility index (Phi) is 30.2. The zero-order valence-corrected chi connectivity index (χ0v) is 33.4. The molecule has 1 heterocycles. The Morgan fingerprint density at radius 2 is 1.38 bits per heavy atom. The van der Waals surface area contributed by atoms with Gasteiger partial charge in [-0.2, -0.15) is 11.8 Å². The van der Waals surface area contributed by atoms with Gasteiger partial charge in [-0.05, 0) is 44.4 Å². The first-order chi connectivity index (χ1) is 24.3. The number of nitrogens with one attached hydrogen (secondary N) is 1. The number of hydrogen-bond donors (Lipinski definition) is 1. The van der Waals surface area contributed by atoms with Gasteiger partial charge < -0.3 is 19.4 Å². The quantitative estimate of drug-likeness (QED) is 0.0550. The zero-order valence-electron chi connectivity index (χ0n) is 32.6. The van der Waals surface area contributed by atoms with E-state index in [0.29, 0.717) is 31.1 Å². The highest BCUT2D eigenvalue weighted by atomic mass is 32.2. The Bertz CT molecular complexity index is 927. The van der Waals surface area contributed by atoms with Crippen molar-refractivity contribution in [2.45, 2.75) is 188 Å². The van der Waals surface area contributed by atoms with Crippen molar-refractivity contribution in [3.05, 3.63) is 18.7 Å². The minimum Gasteiger partial charge on any atom is -0.466 e. The lowest BCUT2D eigenvalue weighted by molar-refractivity contribution is -0.155. The molecule has 0 aromatic carbocycles. The molecule has 1 atom stereocenters. The number of aromatic nitrogens is 2. The molecular weight excluding hydrogens is 647 g/mol. The largest absolute Gasteiger partial charge is 0.466 e. The summed E-state index contributed by atoms with van der Waals surface area (Å²) in [5.41, 5.74) is 0. The van der Waals surface area contributed by atoms with Crippen molar-refractivity contribution in [1.82, 2.24) is 14.9 Å². The fourth-order valence-corrected chi connectivity index (χ4v) is 7.08. The van der Waals surface area contributed by atoms with Gasteiger partial charge in [0.05, 0.1) is 25.3 Å². The van der Waals surface area contributed by atoms with E-state index in [-0.39, 0.29) is 30.4 Å². The number of nitrogens with zero attached hydrogens (tertiary/aromatic N) is 2. The Balaban J connectivity index is 2.61. The summed E-state index contributed by atoms with van der Waals surface area (Å²) in [6.45, 7) is 10.8. The lowest BCUT2D eigenvalue weighted by Crippen LogP contribution is -2.33. The fraction of sp³-hybridized carbons (Fsp3) is 0.854. The number of carbonyl (C=O) groups excluding carboxylic acids is 3. The monoisotopic (exact) mass is 722 g/mol. The van der Waals surface area contributed by atoms with Gasteiger partial charge in [0, 0.05) is 43.4 Å². The van der Waals surface area contributed by atoms with Gasteiger partial charge in [-0.3, -0.25) is 14.4 Å². The SMILES string of the molecule is CCCCCCCCC(CCCCCCCC)OC(=O)C(CSCCC(=O)OCCCCCCCC(C)C)CC(=O)NCCCn1ccnc1. The van der Waals surface area contributed by atoms with Crippen LogP contribution in [0.4, 0.5) is 0 Å². The second-order valence-electron chi connectivity index (χ2n) is 14.6. The van der Waals surface area contributed by atoms with Crippen molar-refractivity contribution in [1.29, 1.82) is 0 Å². The van der Waals surface area contributed by atoms with Gasteiger partial charge in [0.15, 0.2) is 0 Å². The van der Waals surface area contributed by atoms with Gasteiger partial charge in [-0.15, -0.1) is 0 Å². The average molecular weight is 722 g/mol. The maximum atomic E-state index is 13.6. The van der Waals surface area contributed by atoms with Crippen LogP contribution in [0.1, 0.15) is 175 Å². The molecule has 0 aliphatic carbocycles. The average Bonchev–Trinajstić information content (AvgIpc) is 3.62. The van der Waals surface area contributed by atoms with Crippen LogP contribution in [0, 0.1) is 11.8 Å². The van der Waals surface area contributed by atoms with E-state index in [2.05, 4.69) is 38.0 Å². The lowest BCUT2D eigenvalue weighted by atomic mass is 10.0. The van der Waals surface area contributed by atoms with E-state index in [0.717, 1.165) is 57.4 Å². The second kappa shape index (κ2) is 32.8. The van der Waals surface area contributed by atoms with E-state index in [9.17, 15) is 14.4 Å². The normalized spacial score (nSPS) is 12.0. The Labute approximate surface area is 310 Å². The second-order valence-corrected chi connectivity index (χ2v) is 15.7. The molecule has 1 amide bonds. The molecule has 0 saturated heterocycles. The highest BCUT2D eigenvalue weighted by Crippen LogP contribution is 2.22. The molecule has 0 aliphatic heterocycles. The summed E-state index contributed by atoms with van der Waals surface area (Å²) < 4.78 is 13.6. The summed E-state index contributed by atoms with van der Waals surface area (Å²) in [6.07, 6.45) is 29.7. The van der Waals surface area contributed by atoms with Crippen LogP contribution in [0.3, 0.4) is 0 Å². The number of unbranched alkanes of at least 4 members (excludes halogenated alkanes) is 14. The molecule has 0 fully saturated rings. The van der Waals surface area contributed by atoms with Crippen LogP contribution in [0.5, 0.6) is 0 Å². The van der Waals surface area contributed by atoms with E-state index < -0.39 is 5.92 Å². The maximum Gasteiger partial charge on any atom is 0.310 e. The minimum absolute atomic E-state index is 0.0965. The number of ether oxygens (including phenoxy) is 2. The fourth-order valence-electron chi connectivity index (χ4n) is 6.07.